The van der Waals surface area contributed by atoms with Gasteiger partial charge in [-0.3, -0.25) is 9.51 Å². The van der Waals surface area contributed by atoms with Crippen LogP contribution in [0.15, 0.2) is 33.6 Å². The number of nitrogens with one attached hydrogen (secondary N) is 3. The quantitative estimate of drug-likeness (QED) is 0.249. The molecule has 1 aromatic carbocycles. The van der Waals surface area contributed by atoms with Gasteiger partial charge in [-0.05, 0) is 62.1 Å². The first kappa shape index (κ1) is 26.3. The second-order valence-corrected chi connectivity index (χ2v) is 10.9. The monoisotopic (exact) mass is 556 g/mol. The van der Waals surface area contributed by atoms with Crippen molar-refractivity contribution in [2.75, 3.05) is 17.2 Å². The number of fused-ring (bicyclic) bond motifs is 1. The van der Waals surface area contributed by atoms with Crippen LogP contribution in [0.3, 0.4) is 0 Å². The molecule has 40 heavy (non-hydrogen) atoms. The molecule has 6 rings (SSSR count). The van der Waals surface area contributed by atoms with Gasteiger partial charge in [-0.15, -0.1) is 0 Å². The van der Waals surface area contributed by atoms with Crippen molar-refractivity contribution in [1.82, 2.24) is 29.7 Å². The van der Waals surface area contributed by atoms with Gasteiger partial charge in [0.2, 0.25) is 17.6 Å². The minimum atomic E-state index is -4.41. The number of imidazole rings is 1. The Morgan fingerprint density at radius 2 is 1.82 bits per heavy atom. The van der Waals surface area contributed by atoms with Crippen molar-refractivity contribution in [2.45, 2.75) is 70.6 Å². The van der Waals surface area contributed by atoms with E-state index in [4.69, 9.17) is 9.97 Å². The predicted octanol–water partition coefficient (Wildman–Crippen LogP) is 5.44. The van der Waals surface area contributed by atoms with E-state index in [1.165, 1.54) is 31.4 Å². The van der Waals surface area contributed by atoms with Crippen LogP contribution in [0, 0.1) is 11.8 Å². The van der Waals surface area contributed by atoms with Crippen molar-refractivity contribution in [1.29, 1.82) is 0 Å². The molecule has 3 N–H and O–H groups in total. The summed E-state index contributed by atoms with van der Waals surface area (Å²) in [6, 6.07) is 5.25. The van der Waals surface area contributed by atoms with Gasteiger partial charge in [0.15, 0.2) is 11.5 Å². The summed E-state index contributed by atoms with van der Waals surface area (Å²) in [5, 5.41) is 10.8. The molecular formula is C27H31F3N8O2. The summed E-state index contributed by atoms with van der Waals surface area (Å²) in [6.45, 7) is 3.09. The van der Waals surface area contributed by atoms with Crippen LogP contribution < -0.4 is 16.4 Å². The predicted molar refractivity (Wildman–Crippen MR) is 143 cm³/mol. The van der Waals surface area contributed by atoms with E-state index < -0.39 is 17.5 Å². The highest BCUT2D eigenvalue weighted by Gasteiger charge is 2.30. The van der Waals surface area contributed by atoms with Crippen LogP contribution in [0.1, 0.15) is 63.0 Å². The van der Waals surface area contributed by atoms with Crippen molar-refractivity contribution in [2.24, 2.45) is 11.8 Å². The van der Waals surface area contributed by atoms with Gasteiger partial charge in [0.05, 0.1) is 12.1 Å². The number of hydrogen-bond acceptors (Lipinski definition) is 8. The van der Waals surface area contributed by atoms with E-state index in [2.05, 4.69) is 37.2 Å². The number of halogens is 3. The Morgan fingerprint density at radius 3 is 2.45 bits per heavy atom. The molecule has 2 aliphatic rings. The second kappa shape index (κ2) is 10.6. The van der Waals surface area contributed by atoms with Crippen LogP contribution in [0.2, 0.25) is 0 Å². The summed E-state index contributed by atoms with van der Waals surface area (Å²) in [6.07, 6.45) is 3.69. The lowest BCUT2D eigenvalue weighted by molar-refractivity contribution is -0.137. The number of benzene rings is 1. The number of anilines is 2. The molecule has 212 valence electrons. The molecule has 4 aromatic rings. The molecule has 0 amide bonds. The fraction of sp³-hybridized carbons (Fsp3) is 0.519. The fourth-order valence-corrected chi connectivity index (χ4v) is 5.56. The molecule has 0 aliphatic heterocycles. The Labute approximate surface area is 227 Å². The lowest BCUT2D eigenvalue weighted by Crippen LogP contribution is -2.31. The van der Waals surface area contributed by atoms with Crippen LogP contribution >= 0.6 is 0 Å². The van der Waals surface area contributed by atoms with Gasteiger partial charge in [0.25, 0.3) is 0 Å². The molecule has 0 saturated heterocycles. The highest BCUT2D eigenvalue weighted by molar-refractivity contribution is 5.87. The Hall–Kier alpha value is -3.90. The van der Waals surface area contributed by atoms with Gasteiger partial charge in [-0.25, -0.2) is 14.8 Å². The number of H-pyrrole nitrogens is 1. The van der Waals surface area contributed by atoms with E-state index in [1.807, 2.05) is 4.57 Å². The Morgan fingerprint density at radius 1 is 1.07 bits per heavy atom. The molecule has 1 atom stereocenters. The van der Waals surface area contributed by atoms with E-state index in [9.17, 15) is 18.0 Å². The molecule has 0 radical (unpaired) electrons. The third kappa shape index (κ3) is 5.41. The van der Waals surface area contributed by atoms with E-state index >= 15 is 0 Å². The minimum Gasteiger partial charge on any atom is -0.365 e. The summed E-state index contributed by atoms with van der Waals surface area (Å²) in [7, 11) is 0. The standard InChI is InChI=1S/C27H31F3N8O2/c1-15(18-7-4-8-18)32-21-20-22(34-23(33-21)24-36-26(39)40-37-24)35-25(31-13-16-5-2-3-6-16)38(20)14-17-9-11-19(12-10-17)27(28,29)30/h9-12,15-16,18H,2-8,13-14H2,1H3,(H,36,37,39)(H2,31,32,33,34,35)/t15-/m1/s1. The smallest absolute Gasteiger partial charge is 0.365 e. The molecule has 2 aliphatic carbocycles. The molecular weight excluding hydrogens is 525 g/mol. The first-order valence-electron chi connectivity index (χ1n) is 13.8. The maximum absolute atomic E-state index is 13.2. The highest BCUT2D eigenvalue weighted by atomic mass is 19.4. The van der Waals surface area contributed by atoms with Gasteiger partial charge in [0.1, 0.15) is 5.52 Å². The van der Waals surface area contributed by atoms with E-state index in [0.717, 1.165) is 44.4 Å². The maximum atomic E-state index is 13.2. The first-order chi connectivity index (χ1) is 19.2. The zero-order valence-corrected chi connectivity index (χ0v) is 22.1. The van der Waals surface area contributed by atoms with Crippen LogP contribution in [0.4, 0.5) is 24.9 Å². The summed E-state index contributed by atoms with van der Waals surface area (Å²) in [5.41, 5.74) is 0.976. The number of nitrogens with zero attached hydrogens (tertiary/aromatic N) is 5. The van der Waals surface area contributed by atoms with E-state index in [1.54, 1.807) is 0 Å². The second-order valence-electron chi connectivity index (χ2n) is 10.9. The Balaban J connectivity index is 1.44. The average molecular weight is 557 g/mol. The van der Waals surface area contributed by atoms with Crippen molar-refractivity contribution >= 4 is 22.9 Å². The van der Waals surface area contributed by atoms with Gasteiger partial charge >= 0.3 is 11.9 Å². The molecule has 3 aromatic heterocycles. The van der Waals surface area contributed by atoms with Crippen LogP contribution in [-0.2, 0) is 12.7 Å². The van der Waals surface area contributed by atoms with Crippen molar-refractivity contribution < 1.29 is 17.7 Å². The summed E-state index contributed by atoms with van der Waals surface area (Å²) >= 11 is 0. The summed E-state index contributed by atoms with van der Waals surface area (Å²) < 4.78 is 46.1. The fourth-order valence-electron chi connectivity index (χ4n) is 5.56. The highest BCUT2D eigenvalue weighted by Crippen LogP contribution is 2.35. The molecule has 3 heterocycles. The van der Waals surface area contributed by atoms with Crippen LogP contribution in [-0.4, -0.2) is 42.2 Å². The van der Waals surface area contributed by atoms with Gasteiger partial charge in [0, 0.05) is 12.6 Å². The molecule has 2 fully saturated rings. The van der Waals surface area contributed by atoms with Crippen LogP contribution in [0.5, 0.6) is 0 Å². The lowest BCUT2D eigenvalue weighted by atomic mass is 9.80. The normalized spacial score (nSPS) is 17.3. The Kier molecular flexibility index (Phi) is 6.97. The third-order valence-electron chi connectivity index (χ3n) is 8.12. The molecule has 10 nitrogen and oxygen atoms in total. The minimum absolute atomic E-state index is 0.0870. The number of aromatic amines is 1. The number of alkyl halides is 3. The van der Waals surface area contributed by atoms with Crippen molar-refractivity contribution in [3.05, 3.63) is 45.9 Å². The topological polar surface area (TPSA) is 127 Å². The molecule has 13 heteroatoms. The third-order valence-corrected chi connectivity index (χ3v) is 8.12. The summed E-state index contributed by atoms with van der Waals surface area (Å²) in [5.74, 6) is 1.61. The molecule has 0 unspecified atom stereocenters. The Bertz CT molecular complexity index is 1530. The van der Waals surface area contributed by atoms with E-state index in [-0.39, 0.29) is 24.2 Å². The number of aromatic nitrogens is 6. The molecule has 2 saturated carbocycles. The SMILES string of the molecule is C[C@@H](Nc1nc(-c2noc(=O)[nH]2)nc2nc(NCC3CCCC3)n(Cc3ccc(C(F)(F)F)cc3)c12)C1CCC1. The largest absolute Gasteiger partial charge is 0.439 e. The average Bonchev–Trinajstić information content (AvgIpc) is 3.62. The summed E-state index contributed by atoms with van der Waals surface area (Å²) in [4.78, 5) is 28.2. The molecule has 0 spiro atoms. The van der Waals surface area contributed by atoms with Gasteiger partial charge < -0.3 is 15.2 Å². The maximum Gasteiger partial charge on any atom is 0.439 e. The van der Waals surface area contributed by atoms with Crippen LogP contribution in [0.25, 0.3) is 22.8 Å². The number of hydrogen-bond donors (Lipinski definition) is 3. The lowest BCUT2D eigenvalue weighted by Gasteiger charge is -2.32. The first-order valence-corrected chi connectivity index (χ1v) is 13.8. The molecule has 0 bridgehead atoms. The van der Waals surface area contributed by atoms with Crippen molar-refractivity contribution in [3.63, 3.8) is 0 Å². The van der Waals surface area contributed by atoms with Gasteiger partial charge in [-0.1, -0.05) is 36.6 Å². The number of rotatable bonds is 9. The van der Waals surface area contributed by atoms with Gasteiger partial charge in [-0.2, -0.15) is 18.2 Å². The van der Waals surface area contributed by atoms with E-state index in [0.29, 0.717) is 40.3 Å². The van der Waals surface area contributed by atoms with Crippen molar-refractivity contribution in [3.8, 4) is 11.6 Å². The zero-order valence-electron chi connectivity index (χ0n) is 22.1. The zero-order chi connectivity index (χ0) is 27.9.